The normalized spacial score (nSPS) is 19.3. The van der Waals surface area contributed by atoms with Gasteiger partial charge in [-0.3, -0.25) is 9.59 Å². The fourth-order valence-corrected chi connectivity index (χ4v) is 2.61. The number of unbranched alkanes of at least 4 members (excludes halogenated alkanes) is 1. The summed E-state index contributed by atoms with van der Waals surface area (Å²) in [7, 11) is 0. The molecule has 5 heteroatoms. The van der Waals surface area contributed by atoms with E-state index in [1.165, 1.54) is 0 Å². The second kappa shape index (κ2) is 8.15. The van der Waals surface area contributed by atoms with Crippen LogP contribution in [0.25, 0.3) is 0 Å². The Morgan fingerprint density at radius 3 is 2.68 bits per heavy atom. The van der Waals surface area contributed by atoms with Gasteiger partial charge in [-0.2, -0.15) is 0 Å². The predicted molar refractivity (Wildman–Crippen MR) is 75.5 cm³/mol. The van der Waals surface area contributed by atoms with Crippen LogP contribution in [-0.4, -0.2) is 42.4 Å². The summed E-state index contributed by atoms with van der Waals surface area (Å²) in [6, 6.07) is 0.280. The van der Waals surface area contributed by atoms with Gasteiger partial charge in [0, 0.05) is 25.6 Å². The van der Waals surface area contributed by atoms with E-state index in [0.717, 1.165) is 25.7 Å². The van der Waals surface area contributed by atoms with E-state index in [1.54, 1.807) is 0 Å². The van der Waals surface area contributed by atoms with Crippen molar-refractivity contribution in [2.24, 2.45) is 11.7 Å². The van der Waals surface area contributed by atoms with Crippen LogP contribution in [0.4, 0.5) is 0 Å². The molecule has 0 spiro atoms. The summed E-state index contributed by atoms with van der Waals surface area (Å²) in [5.74, 6) is -0.0411. The SMILES string of the molecule is CCC(CC)N1CC(C(=O)NCCCCN)CC1=O. The van der Waals surface area contributed by atoms with Gasteiger partial charge >= 0.3 is 0 Å². The van der Waals surface area contributed by atoms with Gasteiger partial charge in [-0.05, 0) is 32.2 Å². The van der Waals surface area contributed by atoms with Crippen molar-refractivity contribution in [3.05, 3.63) is 0 Å². The summed E-state index contributed by atoms with van der Waals surface area (Å²) >= 11 is 0. The quantitative estimate of drug-likeness (QED) is 0.642. The minimum absolute atomic E-state index is 0.0128. The third-order valence-electron chi connectivity index (χ3n) is 3.84. The standard InChI is InChI=1S/C14H27N3O2/c1-3-12(4-2)17-10-11(9-13(17)18)14(19)16-8-6-5-7-15/h11-12H,3-10,15H2,1-2H3,(H,16,19). The number of nitrogens with zero attached hydrogens (tertiary/aromatic N) is 1. The largest absolute Gasteiger partial charge is 0.356 e. The van der Waals surface area contributed by atoms with Gasteiger partial charge < -0.3 is 16.0 Å². The fraction of sp³-hybridized carbons (Fsp3) is 0.857. The van der Waals surface area contributed by atoms with Gasteiger partial charge in [0.15, 0.2) is 0 Å². The van der Waals surface area contributed by atoms with Gasteiger partial charge in [0.05, 0.1) is 5.92 Å². The first-order valence-corrected chi connectivity index (χ1v) is 7.41. The molecule has 3 N–H and O–H groups in total. The van der Waals surface area contributed by atoms with Crippen molar-refractivity contribution in [1.82, 2.24) is 10.2 Å². The van der Waals surface area contributed by atoms with Gasteiger partial charge in [0.25, 0.3) is 0 Å². The van der Waals surface area contributed by atoms with E-state index in [0.29, 0.717) is 26.1 Å². The average Bonchev–Trinajstić information content (AvgIpc) is 2.79. The van der Waals surface area contributed by atoms with Gasteiger partial charge in [-0.15, -0.1) is 0 Å². The van der Waals surface area contributed by atoms with Crippen LogP contribution in [-0.2, 0) is 9.59 Å². The van der Waals surface area contributed by atoms with Gasteiger partial charge in [0.1, 0.15) is 0 Å². The van der Waals surface area contributed by atoms with E-state index in [-0.39, 0.29) is 23.8 Å². The lowest BCUT2D eigenvalue weighted by atomic mass is 10.1. The molecule has 1 saturated heterocycles. The number of nitrogens with one attached hydrogen (secondary N) is 1. The molecule has 1 rings (SSSR count). The van der Waals surface area contributed by atoms with Crippen LogP contribution in [0.3, 0.4) is 0 Å². The number of amides is 2. The smallest absolute Gasteiger partial charge is 0.225 e. The number of rotatable bonds is 8. The zero-order valence-corrected chi connectivity index (χ0v) is 12.2. The van der Waals surface area contributed by atoms with Crippen molar-refractivity contribution in [2.75, 3.05) is 19.6 Å². The Hall–Kier alpha value is -1.10. The van der Waals surface area contributed by atoms with Crippen LogP contribution >= 0.6 is 0 Å². The fourth-order valence-electron chi connectivity index (χ4n) is 2.61. The molecule has 5 nitrogen and oxygen atoms in total. The number of carbonyl (C=O) groups is 2. The molecule has 0 aromatic heterocycles. The first-order chi connectivity index (χ1) is 9.13. The topological polar surface area (TPSA) is 75.4 Å². The number of likely N-dealkylation sites (tertiary alicyclic amines) is 1. The van der Waals surface area contributed by atoms with Crippen molar-refractivity contribution >= 4 is 11.8 Å². The summed E-state index contributed by atoms with van der Waals surface area (Å²) in [4.78, 5) is 25.8. The highest BCUT2D eigenvalue weighted by Gasteiger charge is 2.36. The molecule has 0 saturated carbocycles. The number of nitrogens with two attached hydrogens (primary N) is 1. The van der Waals surface area contributed by atoms with Crippen molar-refractivity contribution in [3.63, 3.8) is 0 Å². The summed E-state index contributed by atoms with van der Waals surface area (Å²) in [6.45, 7) is 6.06. The van der Waals surface area contributed by atoms with Crippen LogP contribution in [0.1, 0.15) is 46.0 Å². The third kappa shape index (κ3) is 4.49. The minimum atomic E-state index is -0.175. The van der Waals surface area contributed by atoms with Crippen LogP contribution < -0.4 is 11.1 Å². The third-order valence-corrected chi connectivity index (χ3v) is 3.84. The molecule has 1 aliphatic rings. The number of hydrogen-bond acceptors (Lipinski definition) is 3. The van der Waals surface area contributed by atoms with Crippen molar-refractivity contribution in [2.45, 2.75) is 52.0 Å². The molecule has 1 aliphatic heterocycles. The molecule has 19 heavy (non-hydrogen) atoms. The van der Waals surface area contributed by atoms with E-state index in [1.807, 2.05) is 4.90 Å². The van der Waals surface area contributed by atoms with E-state index in [2.05, 4.69) is 19.2 Å². The molecule has 0 aromatic carbocycles. The van der Waals surface area contributed by atoms with Crippen molar-refractivity contribution in [1.29, 1.82) is 0 Å². The lowest BCUT2D eigenvalue weighted by Crippen LogP contribution is -2.38. The average molecular weight is 269 g/mol. The summed E-state index contributed by atoms with van der Waals surface area (Å²) in [5, 5.41) is 2.90. The van der Waals surface area contributed by atoms with E-state index in [4.69, 9.17) is 5.73 Å². The first-order valence-electron chi connectivity index (χ1n) is 7.41. The Bertz CT molecular complexity index is 303. The van der Waals surface area contributed by atoms with Crippen molar-refractivity contribution in [3.8, 4) is 0 Å². The van der Waals surface area contributed by atoms with Gasteiger partial charge in [0.2, 0.25) is 11.8 Å². The molecule has 0 bridgehead atoms. The molecule has 110 valence electrons. The van der Waals surface area contributed by atoms with Gasteiger partial charge in [-0.1, -0.05) is 13.8 Å². The van der Waals surface area contributed by atoms with Crippen LogP contribution in [0.15, 0.2) is 0 Å². The Morgan fingerprint density at radius 1 is 1.42 bits per heavy atom. The highest BCUT2D eigenvalue weighted by Crippen LogP contribution is 2.23. The summed E-state index contributed by atoms with van der Waals surface area (Å²) in [6.07, 6.45) is 4.09. The molecule has 1 unspecified atom stereocenters. The molecule has 0 aromatic rings. The molecule has 1 atom stereocenters. The highest BCUT2D eigenvalue weighted by atomic mass is 16.2. The van der Waals surface area contributed by atoms with E-state index >= 15 is 0 Å². The Balaban J connectivity index is 2.40. The maximum atomic E-state index is 12.0. The molecular weight excluding hydrogens is 242 g/mol. The number of hydrogen-bond donors (Lipinski definition) is 2. The maximum Gasteiger partial charge on any atom is 0.225 e. The lowest BCUT2D eigenvalue weighted by Gasteiger charge is -2.26. The van der Waals surface area contributed by atoms with E-state index < -0.39 is 0 Å². The number of carbonyl (C=O) groups excluding carboxylic acids is 2. The second-order valence-electron chi connectivity index (χ2n) is 5.20. The van der Waals surface area contributed by atoms with Crippen LogP contribution in [0.2, 0.25) is 0 Å². The Labute approximate surface area is 115 Å². The zero-order valence-electron chi connectivity index (χ0n) is 12.2. The molecule has 1 fully saturated rings. The summed E-state index contributed by atoms with van der Waals surface area (Å²) in [5.41, 5.74) is 5.40. The monoisotopic (exact) mass is 269 g/mol. The second-order valence-corrected chi connectivity index (χ2v) is 5.20. The molecule has 1 heterocycles. The molecule has 0 radical (unpaired) electrons. The molecular formula is C14H27N3O2. The van der Waals surface area contributed by atoms with E-state index in [9.17, 15) is 9.59 Å². The Morgan fingerprint density at radius 2 is 2.11 bits per heavy atom. The van der Waals surface area contributed by atoms with Crippen molar-refractivity contribution < 1.29 is 9.59 Å². The maximum absolute atomic E-state index is 12.0. The minimum Gasteiger partial charge on any atom is -0.356 e. The lowest BCUT2D eigenvalue weighted by molar-refractivity contribution is -0.130. The van der Waals surface area contributed by atoms with Gasteiger partial charge in [-0.25, -0.2) is 0 Å². The first kappa shape index (κ1) is 16.0. The predicted octanol–water partition coefficient (Wildman–Crippen LogP) is 0.879. The van der Waals surface area contributed by atoms with Crippen LogP contribution in [0.5, 0.6) is 0 Å². The molecule has 2 amide bonds. The Kier molecular flexibility index (Phi) is 6.84. The highest BCUT2D eigenvalue weighted by molar-refractivity contribution is 5.89. The van der Waals surface area contributed by atoms with Crippen LogP contribution in [0, 0.1) is 5.92 Å². The summed E-state index contributed by atoms with van der Waals surface area (Å²) < 4.78 is 0. The zero-order chi connectivity index (χ0) is 14.3. The molecule has 0 aliphatic carbocycles.